The highest BCUT2D eigenvalue weighted by molar-refractivity contribution is 5.97. The molecule has 0 aliphatic carbocycles. The summed E-state index contributed by atoms with van der Waals surface area (Å²) in [6, 6.07) is 5.97. The van der Waals surface area contributed by atoms with Gasteiger partial charge in [-0.1, -0.05) is 37.3 Å². The monoisotopic (exact) mass is 373 g/mol. The van der Waals surface area contributed by atoms with E-state index in [0.29, 0.717) is 30.0 Å². The van der Waals surface area contributed by atoms with Gasteiger partial charge in [-0.2, -0.15) is 0 Å². The maximum atomic E-state index is 13.8. The summed E-state index contributed by atoms with van der Waals surface area (Å²) < 4.78 is 15.4. The third-order valence-corrected chi connectivity index (χ3v) is 4.83. The minimum atomic E-state index is -0.490. The Morgan fingerprint density at radius 3 is 2.78 bits per heavy atom. The molecule has 2 aromatic rings. The number of aromatic nitrogens is 3. The van der Waals surface area contributed by atoms with Crippen molar-refractivity contribution in [1.82, 2.24) is 19.9 Å². The molecular weight excluding hydrogens is 349 g/mol. The number of anilines is 1. The summed E-state index contributed by atoms with van der Waals surface area (Å²) in [4.78, 5) is 26.6. The number of benzene rings is 1. The molecule has 1 aromatic carbocycles. The van der Waals surface area contributed by atoms with Crippen molar-refractivity contribution >= 4 is 17.6 Å². The van der Waals surface area contributed by atoms with Crippen LogP contribution in [0.5, 0.6) is 0 Å². The molecule has 2 amide bonds. The first-order chi connectivity index (χ1) is 12.9. The van der Waals surface area contributed by atoms with Crippen LogP contribution in [0.2, 0.25) is 0 Å². The molecule has 0 spiro atoms. The van der Waals surface area contributed by atoms with Crippen LogP contribution in [0.1, 0.15) is 37.9 Å². The number of halogens is 1. The number of carbonyl (C=O) groups excluding carboxylic acids is 2. The molecule has 2 heterocycles. The second kappa shape index (κ2) is 7.85. The molecule has 1 aliphatic heterocycles. The predicted molar refractivity (Wildman–Crippen MR) is 98.5 cm³/mol. The van der Waals surface area contributed by atoms with Gasteiger partial charge in [-0.3, -0.25) is 9.59 Å². The van der Waals surface area contributed by atoms with E-state index >= 15 is 0 Å². The fourth-order valence-corrected chi connectivity index (χ4v) is 3.25. The van der Waals surface area contributed by atoms with Crippen molar-refractivity contribution < 1.29 is 14.0 Å². The van der Waals surface area contributed by atoms with Crippen LogP contribution in [0.3, 0.4) is 0 Å². The Hall–Kier alpha value is -2.77. The minimum Gasteiger partial charge on any atom is -0.330 e. The average Bonchev–Trinajstić information content (AvgIpc) is 3.25. The number of carbonyl (C=O) groups is 2. The molecule has 1 unspecified atom stereocenters. The maximum Gasteiger partial charge on any atom is 0.248 e. The van der Waals surface area contributed by atoms with Gasteiger partial charge >= 0.3 is 0 Å². The Balaban J connectivity index is 1.71. The van der Waals surface area contributed by atoms with Crippen molar-refractivity contribution in [3.63, 3.8) is 0 Å². The van der Waals surface area contributed by atoms with Crippen molar-refractivity contribution in [1.29, 1.82) is 0 Å². The van der Waals surface area contributed by atoms with Gasteiger partial charge in [0.25, 0.3) is 0 Å². The van der Waals surface area contributed by atoms with Gasteiger partial charge in [-0.15, -0.1) is 5.10 Å². The lowest BCUT2D eigenvalue weighted by Crippen LogP contribution is -2.44. The highest BCUT2D eigenvalue weighted by Crippen LogP contribution is 2.22. The summed E-state index contributed by atoms with van der Waals surface area (Å²) in [5.74, 6) is -0.413. The third kappa shape index (κ3) is 3.99. The molecule has 1 fully saturated rings. The van der Waals surface area contributed by atoms with Crippen molar-refractivity contribution in [2.45, 2.75) is 46.2 Å². The van der Waals surface area contributed by atoms with E-state index in [1.807, 2.05) is 13.8 Å². The Morgan fingerprint density at radius 1 is 1.33 bits per heavy atom. The van der Waals surface area contributed by atoms with Crippen molar-refractivity contribution in [2.24, 2.45) is 5.92 Å². The standard InChI is InChI=1S/C19H24FN5O2/c1-12(2)19(27)24-10-6-9-16(24)18(26)21-17-13(3)25(23-22-17)11-14-7-4-5-8-15(14)20/h4-5,7-8,12,16H,6,9-11H2,1-3H3,(H,21,26). The minimum absolute atomic E-state index is 0.0208. The number of amides is 2. The quantitative estimate of drug-likeness (QED) is 0.873. The van der Waals surface area contributed by atoms with Crippen LogP contribution in [0.25, 0.3) is 0 Å². The normalized spacial score (nSPS) is 16.8. The topological polar surface area (TPSA) is 80.1 Å². The Bertz CT molecular complexity index is 848. The van der Waals surface area contributed by atoms with Crippen LogP contribution in [-0.2, 0) is 16.1 Å². The summed E-state index contributed by atoms with van der Waals surface area (Å²) in [6.45, 7) is 6.24. The van der Waals surface area contributed by atoms with Gasteiger partial charge in [-0.05, 0) is 25.8 Å². The lowest BCUT2D eigenvalue weighted by molar-refractivity contribution is -0.139. The van der Waals surface area contributed by atoms with E-state index < -0.39 is 6.04 Å². The highest BCUT2D eigenvalue weighted by atomic mass is 19.1. The van der Waals surface area contributed by atoms with Crippen LogP contribution in [0, 0.1) is 18.7 Å². The smallest absolute Gasteiger partial charge is 0.248 e. The lowest BCUT2D eigenvalue weighted by atomic mass is 10.1. The Labute approximate surface area is 157 Å². The molecule has 3 rings (SSSR count). The molecular formula is C19H24FN5O2. The van der Waals surface area contributed by atoms with Crippen molar-refractivity contribution in [2.75, 3.05) is 11.9 Å². The average molecular weight is 373 g/mol. The van der Waals surface area contributed by atoms with Crippen LogP contribution in [0.4, 0.5) is 10.2 Å². The summed E-state index contributed by atoms with van der Waals surface area (Å²) in [5.41, 5.74) is 1.12. The van der Waals surface area contributed by atoms with E-state index in [-0.39, 0.29) is 30.1 Å². The van der Waals surface area contributed by atoms with Crippen LogP contribution >= 0.6 is 0 Å². The number of hydrogen-bond acceptors (Lipinski definition) is 4. The number of rotatable bonds is 5. The molecule has 27 heavy (non-hydrogen) atoms. The molecule has 7 nitrogen and oxygen atoms in total. The number of nitrogens with zero attached hydrogens (tertiary/aromatic N) is 4. The van der Waals surface area contributed by atoms with Gasteiger partial charge in [0.15, 0.2) is 5.82 Å². The second-order valence-electron chi connectivity index (χ2n) is 7.11. The maximum absolute atomic E-state index is 13.8. The molecule has 1 aromatic heterocycles. The number of nitrogens with one attached hydrogen (secondary N) is 1. The Kier molecular flexibility index (Phi) is 5.53. The first-order valence-corrected chi connectivity index (χ1v) is 9.13. The summed E-state index contributed by atoms with van der Waals surface area (Å²) in [5, 5.41) is 10.8. The SMILES string of the molecule is Cc1c(NC(=O)C2CCCN2C(=O)C(C)C)nnn1Cc1ccccc1F. The molecule has 1 aliphatic rings. The fourth-order valence-electron chi connectivity index (χ4n) is 3.25. The summed E-state index contributed by atoms with van der Waals surface area (Å²) >= 11 is 0. The van der Waals surface area contributed by atoms with Crippen LogP contribution < -0.4 is 5.32 Å². The zero-order valence-electron chi connectivity index (χ0n) is 15.8. The summed E-state index contributed by atoms with van der Waals surface area (Å²) in [7, 11) is 0. The molecule has 0 radical (unpaired) electrons. The molecule has 1 N–H and O–H groups in total. The van der Waals surface area contributed by atoms with Crippen molar-refractivity contribution in [3.8, 4) is 0 Å². The molecule has 1 saturated heterocycles. The van der Waals surface area contributed by atoms with E-state index in [4.69, 9.17) is 0 Å². The first-order valence-electron chi connectivity index (χ1n) is 9.13. The van der Waals surface area contributed by atoms with Crippen LogP contribution in [-0.4, -0.2) is 44.3 Å². The van der Waals surface area contributed by atoms with Gasteiger partial charge in [0.05, 0.1) is 12.2 Å². The molecule has 1 atom stereocenters. The Morgan fingerprint density at radius 2 is 2.07 bits per heavy atom. The zero-order valence-corrected chi connectivity index (χ0v) is 15.8. The first kappa shape index (κ1) is 19.0. The van der Waals surface area contributed by atoms with Gasteiger partial charge in [-0.25, -0.2) is 9.07 Å². The number of hydrogen-bond donors (Lipinski definition) is 1. The molecule has 0 bridgehead atoms. The highest BCUT2D eigenvalue weighted by Gasteiger charge is 2.35. The van der Waals surface area contributed by atoms with Gasteiger partial charge in [0, 0.05) is 18.0 Å². The van der Waals surface area contributed by atoms with Crippen LogP contribution in [0.15, 0.2) is 24.3 Å². The van der Waals surface area contributed by atoms with Gasteiger partial charge in [0.2, 0.25) is 11.8 Å². The van der Waals surface area contributed by atoms with E-state index in [2.05, 4.69) is 15.6 Å². The molecule has 0 saturated carbocycles. The lowest BCUT2D eigenvalue weighted by Gasteiger charge is -2.25. The van der Waals surface area contributed by atoms with E-state index in [9.17, 15) is 14.0 Å². The summed E-state index contributed by atoms with van der Waals surface area (Å²) in [6.07, 6.45) is 1.43. The van der Waals surface area contributed by atoms with E-state index in [1.54, 1.807) is 34.7 Å². The van der Waals surface area contributed by atoms with E-state index in [1.165, 1.54) is 6.07 Å². The predicted octanol–water partition coefficient (Wildman–Crippen LogP) is 2.36. The van der Waals surface area contributed by atoms with Gasteiger partial charge < -0.3 is 10.2 Å². The number of likely N-dealkylation sites (tertiary alicyclic amines) is 1. The molecule has 8 heteroatoms. The van der Waals surface area contributed by atoms with E-state index in [0.717, 1.165) is 6.42 Å². The largest absolute Gasteiger partial charge is 0.330 e. The van der Waals surface area contributed by atoms with Crippen molar-refractivity contribution in [3.05, 3.63) is 41.3 Å². The second-order valence-corrected chi connectivity index (χ2v) is 7.11. The zero-order chi connectivity index (χ0) is 19.6. The molecule has 144 valence electrons. The third-order valence-electron chi connectivity index (χ3n) is 4.83. The van der Waals surface area contributed by atoms with Gasteiger partial charge in [0.1, 0.15) is 11.9 Å². The fraction of sp³-hybridized carbons (Fsp3) is 0.474.